The molecule has 2 heterocycles. The van der Waals surface area contributed by atoms with Gasteiger partial charge < -0.3 is 9.84 Å². The molecule has 1 aliphatic rings. The summed E-state index contributed by atoms with van der Waals surface area (Å²) < 4.78 is 32.9. The molecule has 1 aromatic heterocycles. The van der Waals surface area contributed by atoms with Crippen LogP contribution in [0.1, 0.15) is 28.6 Å². The van der Waals surface area contributed by atoms with Crippen molar-refractivity contribution in [3.63, 3.8) is 0 Å². The second-order valence-corrected chi connectivity index (χ2v) is 8.02. The van der Waals surface area contributed by atoms with Crippen LogP contribution < -0.4 is 9.46 Å². The maximum Gasteiger partial charge on any atom is 0.327 e. The van der Waals surface area contributed by atoms with Gasteiger partial charge in [0.05, 0.1) is 27.6 Å². The van der Waals surface area contributed by atoms with Crippen LogP contribution in [-0.2, 0) is 21.2 Å². The van der Waals surface area contributed by atoms with E-state index in [4.69, 9.17) is 4.74 Å². The first-order valence-electron chi connectivity index (χ1n) is 7.29. The number of ether oxygens (including phenoxy) is 1. The quantitative estimate of drug-likeness (QED) is 0.835. The van der Waals surface area contributed by atoms with Crippen LogP contribution in [0.2, 0.25) is 0 Å². The summed E-state index contributed by atoms with van der Waals surface area (Å²) in [4.78, 5) is 15.9. The maximum atomic E-state index is 12.6. The van der Waals surface area contributed by atoms with E-state index < -0.39 is 22.0 Å². The van der Waals surface area contributed by atoms with Crippen LogP contribution in [0.25, 0.3) is 0 Å². The van der Waals surface area contributed by atoms with Gasteiger partial charge in [-0.3, -0.25) is 4.79 Å². The summed E-state index contributed by atoms with van der Waals surface area (Å²) in [7, 11) is -3.99. The molecule has 2 N–H and O–H groups in total. The van der Waals surface area contributed by atoms with Crippen molar-refractivity contribution in [1.29, 1.82) is 0 Å². The fourth-order valence-electron chi connectivity index (χ4n) is 2.53. The van der Waals surface area contributed by atoms with Crippen molar-refractivity contribution in [2.24, 2.45) is 0 Å². The molecule has 0 radical (unpaired) electrons. The molecule has 0 bridgehead atoms. The summed E-state index contributed by atoms with van der Waals surface area (Å²) in [6.45, 7) is 2.26. The summed E-state index contributed by atoms with van der Waals surface area (Å²) in [5.41, 5.74) is 2.80. The third-order valence-corrected chi connectivity index (χ3v) is 6.17. The Bertz CT molecular complexity index is 876. The Hall–Kier alpha value is -1.97. The minimum absolute atomic E-state index is 0.0279. The molecule has 1 aliphatic heterocycles. The molecular weight excluding hydrogens is 352 g/mol. The molecule has 0 saturated heterocycles. The normalized spacial score (nSPS) is 15.4. The Labute approximate surface area is 143 Å². The fraction of sp³-hybridized carbons (Fsp3) is 0.333. The van der Waals surface area contributed by atoms with Crippen LogP contribution in [0.3, 0.4) is 0 Å². The van der Waals surface area contributed by atoms with E-state index in [1.807, 2.05) is 0 Å². The molecule has 1 atom stereocenters. The molecule has 1 unspecified atom stereocenters. The lowest BCUT2D eigenvalue weighted by Gasteiger charge is -2.19. The van der Waals surface area contributed by atoms with Crippen molar-refractivity contribution in [3.8, 4) is 5.75 Å². The molecule has 9 heteroatoms. The van der Waals surface area contributed by atoms with E-state index in [-0.39, 0.29) is 4.90 Å². The Balaban J connectivity index is 1.92. The van der Waals surface area contributed by atoms with Crippen molar-refractivity contribution in [1.82, 2.24) is 9.71 Å². The van der Waals surface area contributed by atoms with Crippen LogP contribution in [-0.4, -0.2) is 31.1 Å². The zero-order chi connectivity index (χ0) is 17.3. The first kappa shape index (κ1) is 16.9. The van der Waals surface area contributed by atoms with Crippen molar-refractivity contribution in [2.75, 3.05) is 6.61 Å². The van der Waals surface area contributed by atoms with Crippen molar-refractivity contribution in [2.45, 2.75) is 30.7 Å². The van der Waals surface area contributed by atoms with Gasteiger partial charge in [-0.1, -0.05) is 0 Å². The highest BCUT2D eigenvalue weighted by atomic mass is 32.2. The van der Waals surface area contributed by atoms with Gasteiger partial charge in [-0.05, 0) is 43.5 Å². The van der Waals surface area contributed by atoms with E-state index in [0.29, 0.717) is 22.9 Å². The minimum Gasteiger partial charge on any atom is -0.493 e. The number of thiazole rings is 1. The molecule has 0 spiro atoms. The summed E-state index contributed by atoms with van der Waals surface area (Å²) in [6.07, 6.45) is 1.55. The monoisotopic (exact) mass is 368 g/mol. The maximum absolute atomic E-state index is 12.6. The predicted molar refractivity (Wildman–Crippen MR) is 87.8 cm³/mol. The molecule has 24 heavy (non-hydrogen) atoms. The predicted octanol–water partition coefficient (Wildman–Crippen LogP) is 1.88. The number of carbonyl (C=O) groups is 1. The average Bonchev–Trinajstić information content (AvgIpc) is 2.97. The highest BCUT2D eigenvalue weighted by Crippen LogP contribution is 2.29. The van der Waals surface area contributed by atoms with Gasteiger partial charge in [-0.2, -0.15) is 4.72 Å². The molecule has 128 valence electrons. The minimum atomic E-state index is -3.99. The Morgan fingerprint density at radius 3 is 2.92 bits per heavy atom. The third kappa shape index (κ3) is 3.28. The van der Waals surface area contributed by atoms with Crippen LogP contribution in [0.4, 0.5) is 0 Å². The Kier molecular flexibility index (Phi) is 4.57. The van der Waals surface area contributed by atoms with Gasteiger partial charge in [0.25, 0.3) is 0 Å². The molecule has 3 rings (SSSR count). The van der Waals surface area contributed by atoms with Gasteiger partial charge in [0, 0.05) is 0 Å². The number of nitrogens with zero attached hydrogens (tertiary/aromatic N) is 1. The lowest BCUT2D eigenvalue weighted by atomic mass is 10.1. The first-order valence-corrected chi connectivity index (χ1v) is 9.65. The summed E-state index contributed by atoms with van der Waals surface area (Å²) in [5, 5.41) is 9.40. The molecule has 1 aromatic carbocycles. The van der Waals surface area contributed by atoms with E-state index >= 15 is 0 Å². The lowest BCUT2D eigenvalue weighted by molar-refractivity contribution is -0.139. The molecule has 2 aromatic rings. The van der Waals surface area contributed by atoms with Gasteiger partial charge in [0.2, 0.25) is 10.0 Å². The second-order valence-electron chi connectivity index (χ2n) is 5.42. The van der Waals surface area contributed by atoms with Crippen molar-refractivity contribution < 1.29 is 23.1 Å². The zero-order valence-electron chi connectivity index (χ0n) is 12.9. The third-order valence-electron chi connectivity index (χ3n) is 3.76. The molecule has 0 aliphatic carbocycles. The number of sulfonamides is 1. The fourth-order valence-corrected chi connectivity index (χ4v) is 4.66. The second kappa shape index (κ2) is 6.50. The summed E-state index contributed by atoms with van der Waals surface area (Å²) in [6, 6.07) is 3.20. The van der Waals surface area contributed by atoms with Gasteiger partial charge in [0.1, 0.15) is 5.75 Å². The standard InChI is InChI=1S/C15H16N2O5S2/c1-9-14(23-8-16-9)13(15(18)19)17-24(20,21)11-4-5-12-10(7-11)3-2-6-22-12/h4-5,7-8,13,17H,2-3,6H2,1H3,(H,18,19). The summed E-state index contributed by atoms with van der Waals surface area (Å²) in [5.74, 6) is -0.597. The number of fused-ring (bicyclic) bond motifs is 1. The number of aryl methyl sites for hydroxylation is 2. The number of benzene rings is 1. The molecule has 7 nitrogen and oxygen atoms in total. The van der Waals surface area contributed by atoms with E-state index in [1.165, 1.54) is 17.6 Å². The molecule has 0 saturated carbocycles. The smallest absolute Gasteiger partial charge is 0.327 e. The van der Waals surface area contributed by atoms with Gasteiger partial charge in [-0.15, -0.1) is 11.3 Å². The number of nitrogens with one attached hydrogen (secondary N) is 1. The van der Waals surface area contributed by atoms with Crippen molar-refractivity contribution in [3.05, 3.63) is 39.8 Å². The molecule has 0 fully saturated rings. The Morgan fingerprint density at radius 2 is 2.25 bits per heavy atom. The van der Waals surface area contributed by atoms with E-state index in [9.17, 15) is 18.3 Å². The lowest BCUT2D eigenvalue weighted by Crippen LogP contribution is -2.33. The Morgan fingerprint density at radius 1 is 1.46 bits per heavy atom. The number of hydrogen-bond donors (Lipinski definition) is 2. The number of rotatable bonds is 5. The van der Waals surface area contributed by atoms with Crippen LogP contribution in [0.5, 0.6) is 5.75 Å². The average molecular weight is 368 g/mol. The first-order chi connectivity index (χ1) is 11.4. The van der Waals surface area contributed by atoms with E-state index in [2.05, 4.69) is 9.71 Å². The number of aliphatic carboxylic acids is 1. The molecular formula is C15H16N2O5S2. The number of carboxylic acid groups (broad SMARTS) is 1. The van der Waals surface area contributed by atoms with E-state index in [1.54, 1.807) is 13.0 Å². The zero-order valence-corrected chi connectivity index (χ0v) is 14.5. The SMILES string of the molecule is Cc1ncsc1C(NS(=O)(=O)c1ccc2c(c1)CCCO2)C(=O)O. The van der Waals surface area contributed by atoms with Gasteiger partial charge in [0.15, 0.2) is 6.04 Å². The topological polar surface area (TPSA) is 106 Å². The van der Waals surface area contributed by atoms with E-state index in [0.717, 1.165) is 29.7 Å². The highest BCUT2D eigenvalue weighted by Gasteiger charge is 2.30. The van der Waals surface area contributed by atoms with Crippen LogP contribution in [0.15, 0.2) is 28.6 Å². The number of aromatic nitrogens is 1. The number of hydrogen-bond acceptors (Lipinski definition) is 6. The van der Waals surface area contributed by atoms with Crippen LogP contribution >= 0.6 is 11.3 Å². The largest absolute Gasteiger partial charge is 0.493 e. The van der Waals surface area contributed by atoms with Crippen LogP contribution in [0, 0.1) is 6.92 Å². The highest BCUT2D eigenvalue weighted by molar-refractivity contribution is 7.89. The van der Waals surface area contributed by atoms with Gasteiger partial charge >= 0.3 is 5.97 Å². The van der Waals surface area contributed by atoms with Crippen molar-refractivity contribution >= 4 is 27.3 Å². The van der Waals surface area contributed by atoms with Gasteiger partial charge in [-0.25, -0.2) is 13.4 Å². The molecule has 0 amide bonds. The summed E-state index contributed by atoms with van der Waals surface area (Å²) >= 11 is 1.11. The number of carboxylic acids is 1.